The molecule has 0 aliphatic rings. The van der Waals surface area contributed by atoms with Gasteiger partial charge in [-0.3, -0.25) is 0 Å². The molecule has 0 radical (unpaired) electrons. The van der Waals surface area contributed by atoms with Crippen molar-refractivity contribution in [2.24, 2.45) is 0 Å². The fourth-order valence-electron chi connectivity index (χ4n) is 1.21. The van der Waals surface area contributed by atoms with Crippen LogP contribution in [-0.4, -0.2) is 0 Å². The molecule has 0 saturated carbocycles. The molecule has 0 fully saturated rings. The highest BCUT2D eigenvalue weighted by Crippen LogP contribution is 2.19. The minimum atomic E-state index is 0.618. The highest BCUT2D eigenvalue weighted by atomic mass is 79.9. The Labute approximate surface area is 88.5 Å². The van der Waals surface area contributed by atoms with Crippen LogP contribution < -0.4 is 4.73 Å². The van der Waals surface area contributed by atoms with Crippen molar-refractivity contribution in [3.63, 3.8) is 0 Å². The molecule has 13 heavy (non-hydrogen) atoms. The Hall–Kier alpha value is -0.800. The molecule has 66 valence electrons. The number of rotatable bonds is 0. The van der Waals surface area contributed by atoms with Gasteiger partial charge in [0.2, 0.25) is 5.52 Å². The average molecular weight is 259 g/mol. The Morgan fingerprint density at radius 3 is 2.85 bits per heavy atom. The standard InChI is InChI=1S/C9H5BrClNO/c10-7-3-6-4-8(11)1-2-9(6)12(13)5-7/h1-5H. The predicted molar refractivity (Wildman–Crippen MR) is 55.6 cm³/mol. The summed E-state index contributed by atoms with van der Waals surface area (Å²) in [6.45, 7) is 0. The molecule has 0 aliphatic carbocycles. The van der Waals surface area contributed by atoms with E-state index >= 15 is 0 Å². The lowest BCUT2D eigenvalue weighted by Crippen LogP contribution is -2.26. The Morgan fingerprint density at radius 1 is 1.31 bits per heavy atom. The monoisotopic (exact) mass is 257 g/mol. The van der Waals surface area contributed by atoms with Crippen LogP contribution in [0.1, 0.15) is 0 Å². The third-order valence-corrected chi connectivity index (χ3v) is 2.43. The van der Waals surface area contributed by atoms with E-state index in [1.165, 1.54) is 6.20 Å². The molecule has 0 spiro atoms. The molecule has 0 bridgehead atoms. The fourth-order valence-corrected chi connectivity index (χ4v) is 1.82. The van der Waals surface area contributed by atoms with Gasteiger partial charge in [-0.1, -0.05) is 11.6 Å². The zero-order valence-corrected chi connectivity index (χ0v) is 8.84. The minimum Gasteiger partial charge on any atom is -0.618 e. The summed E-state index contributed by atoms with van der Waals surface area (Å²) in [5.41, 5.74) is 0.618. The molecule has 2 nitrogen and oxygen atoms in total. The first-order valence-electron chi connectivity index (χ1n) is 3.65. The van der Waals surface area contributed by atoms with Gasteiger partial charge in [-0.2, -0.15) is 4.73 Å². The van der Waals surface area contributed by atoms with E-state index in [0.717, 1.165) is 14.6 Å². The van der Waals surface area contributed by atoms with Crippen molar-refractivity contribution in [1.29, 1.82) is 0 Å². The SMILES string of the molecule is [O-][n+]1cc(Br)cc2cc(Cl)ccc21. The van der Waals surface area contributed by atoms with Crippen LogP contribution in [-0.2, 0) is 0 Å². The lowest BCUT2D eigenvalue weighted by atomic mass is 10.2. The second kappa shape index (κ2) is 3.16. The van der Waals surface area contributed by atoms with E-state index in [1.54, 1.807) is 18.2 Å². The van der Waals surface area contributed by atoms with Crippen LogP contribution >= 0.6 is 27.5 Å². The lowest BCUT2D eigenvalue weighted by Gasteiger charge is -2.01. The first kappa shape index (κ1) is 8.78. The summed E-state index contributed by atoms with van der Waals surface area (Å²) in [4.78, 5) is 0. The highest BCUT2D eigenvalue weighted by Gasteiger charge is 2.05. The van der Waals surface area contributed by atoms with Crippen LogP contribution in [0.15, 0.2) is 34.9 Å². The summed E-state index contributed by atoms with van der Waals surface area (Å²) in [5, 5.41) is 12.8. The highest BCUT2D eigenvalue weighted by molar-refractivity contribution is 9.10. The summed E-state index contributed by atoms with van der Waals surface area (Å²) in [6.07, 6.45) is 1.47. The molecule has 2 aromatic rings. The van der Waals surface area contributed by atoms with Gasteiger partial charge >= 0.3 is 0 Å². The van der Waals surface area contributed by atoms with E-state index in [9.17, 15) is 5.21 Å². The molecule has 0 N–H and O–H groups in total. The van der Waals surface area contributed by atoms with Gasteiger partial charge in [0.25, 0.3) is 0 Å². The van der Waals surface area contributed by atoms with E-state index in [1.807, 2.05) is 6.07 Å². The van der Waals surface area contributed by atoms with Crippen molar-refractivity contribution < 1.29 is 4.73 Å². The van der Waals surface area contributed by atoms with E-state index < -0.39 is 0 Å². The number of aromatic nitrogens is 1. The summed E-state index contributed by atoms with van der Waals surface area (Å²) in [6, 6.07) is 7.02. The van der Waals surface area contributed by atoms with Gasteiger partial charge in [0, 0.05) is 11.1 Å². The molecule has 4 heteroatoms. The van der Waals surface area contributed by atoms with Gasteiger partial charge in [-0.15, -0.1) is 0 Å². The molecular weight excluding hydrogens is 253 g/mol. The zero-order chi connectivity index (χ0) is 9.42. The Bertz CT molecular complexity index is 467. The average Bonchev–Trinajstić information content (AvgIpc) is 2.02. The predicted octanol–water partition coefficient (Wildman–Crippen LogP) is 2.89. The lowest BCUT2D eigenvalue weighted by molar-refractivity contribution is -0.577. The molecule has 1 heterocycles. The zero-order valence-electron chi connectivity index (χ0n) is 6.50. The second-order valence-electron chi connectivity index (χ2n) is 2.69. The van der Waals surface area contributed by atoms with Crippen LogP contribution in [0, 0.1) is 5.21 Å². The normalized spacial score (nSPS) is 10.6. The van der Waals surface area contributed by atoms with Gasteiger partial charge in [-0.05, 0) is 34.1 Å². The van der Waals surface area contributed by atoms with Crippen molar-refractivity contribution in [2.75, 3.05) is 0 Å². The second-order valence-corrected chi connectivity index (χ2v) is 4.04. The van der Waals surface area contributed by atoms with Gasteiger partial charge in [0.05, 0.1) is 9.86 Å². The molecule has 0 atom stereocenters. The van der Waals surface area contributed by atoms with Crippen molar-refractivity contribution in [3.8, 4) is 0 Å². The maximum Gasteiger partial charge on any atom is 0.223 e. The van der Waals surface area contributed by atoms with E-state index in [0.29, 0.717) is 10.5 Å². The van der Waals surface area contributed by atoms with E-state index in [-0.39, 0.29) is 0 Å². The van der Waals surface area contributed by atoms with Gasteiger partial charge < -0.3 is 5.21 Å². The number of pyridine rings is 1. The first-order chi connectivity index (χ1) is 6.16. The number of hydrogen-bond donors (Lipinski definition) is 0. The Balaban J connectivity index is 2.86. The fraction of sp³-hybridized carbons (Fsp3) is 0. The number of benzene rings is 1. The van der Waals surface area contributed by atoms with Crippen LogP contribution in [0.3, 0.4) is 0 Å². The Morgan fingerprint density at radius 2 is 2.08 bits per heavy atom. The summed E-state index contributed by atoms with van der Waals surface area (Å²) >= 11 is 9.04. The van der Waals surface area contributed by atoms with Crippen LogP contribution in [0.2, 0.25) is 5.02 Å². The number of hydrogen-bond acceptors (Lipinski definition) is 1. The molecule has 0 unspecified atom stereocenters. The third-order valence-electron chi connectivity index (χ3n) is 1.76. The number of halogens is 2. The molecule has 0 amide bonds. The van der Waals surface area contributed by atoms with Crippen molar-refractivity contribution in [1.82, 2.24) is 0 Å². The largest absolute Gasteiger partial charge is 0.618 e. The first-order valence-corrected chi connectivity index (χ1v) is 4.82. The van der Waals surface area contributed by atoms with Crippen LogP contribution in [0.25, 0.3) is 10.9 Å². The molecule has 1 aromatic heterocycles. The topological polar surface area (TPSA) is 26.9 Å². The van der Waals surface area contributed by atoms with Gasteiger partial charge in [0.15, 0.2) is 6.20 Å². The van der Waals surface area contributed by atoms with Gasteiger partial charge in [0.1, 0.15) is 0 Å². The van der Waals surface area contributed by atoms with Crippen LogP contribution in [0.4, 0.5) is 0 Å². The molecule has 2 rings (SSSR count). The van der Waals surface area contributed by atoms with Crippen molar-refractivity contribution in [3.05, 3.63) is 45.2 Å². The minimum absolute atomic E-state index is 0.618. The van der Waals surface area contributed by atoms with E-state index in [2.05, 4.69) is 15.9 Å². The Kier molecular flexibility index (Phi) is 2.14. The number of nitrogens with zero attached hydrogens (tertiary/aromatic N) is 1. The third kappa shape index (κ3) is 1.62. The summed E-state index contributed by atoms with van der Waals surface area (Å²) in [7, 11) is 0. The van der Waals surface area contributed by atoms with E-state index in [4.69, 9.17) is 11.6 Å². The van der Waals surface area contributed by atoms with Crippen molar-refractivity contribution in [2.45, 2.75) is 0 Å². The maximum absolute atomic E-state index is 11.4. The van der Waals surface area contributed by atoms with Gasteiger partial charge in [-0.25, -0.2) is 0 Å². The summed E-state index contributed by atoms with van der Waals surface area (Å²) in [5.74, 6) is 0. The molecule has 0 saturated heterocycles. The smallest absolute Gasteiger partial charge is 0.223 e. The summed E-state index contributed by atoms with van der Waals surface area (Å²) < 4.78 is 1.56. The molecule has 1 aromatic carbocycles. The maximum atomic E-state index is 11.4. The van der Waals surface area contributed by atoms with Crippen molar-refractivity contribution >= 4 is 38.4 Å². The number of fused-ring (bicyclic) bond motifs is 1. The molecular formula is C9H5BrClNO. The van der Waals surface area contributed by atoms with Crippen LogP contribution in [0.5, 0.6) is 0 Å². The molecule has 0 aliphatic heterocycles. The quantitative estimate of drug-likeness (QED) is 0.527.